The average Bonchev–Trinajstić information content (AvgIpc) is 2.76. The molecule has 0 radical (unpaired) electrons. The van der Waals surface area contributed by atoms with Gasteiger partial charge in [0.2, 0.25) is 0 Å². The van der Waals surface area contributed by atoms with Crippen LogP contribution < -0.4 is 4.74 Å². The van der Waals surface area contributed by atoms with E-state index in [2.05, 4.69) is 31.2 Å². The van der Waals surface area contributed by atoms with Crippen molar-refractivity contribution in [3.63, 3.8) is 0 Å². The Morgan fingerprint density at radius 3 is 2.47 bits per heavy atom. The fourth-order valence-corrected chi connectivity index (χ4v) is 4.78. The number of rotatable bonds is 9. The number of hydrogen-bond acceptors (Lipinski definition) is 2. The summed E-state index contributed by atoms with van der Waals surface area (Å²) in [5, 5.41) is 0. The normalized spacial score (nSPS) is 15.5. The molecule has 2 aromatic carbocycles. The first-order valence-electron chi connectivity index (χ1n) is 11.6. The highest BCUT2D eigenvalue weighted by molar-refractivity contribution is 5.70. The molecule has 30 heavy (non-hydrogen) atoms. The van der Waals surface area contributed by atoms with Gasteiger partial charge in [-0.05, 0) is 67.7 Å². The van der Waals surface area contributed by atoms with Crippen LogP contribution >= 0.6 is 0 Å². The van der Waals surface area contributed by atoms with E-state index in [1.807, 2.05) is 37.4 Å². The first kappa shape index (κ1) is 22.4. The lowest BCUT2D eigenvalue weighted by Crippen LogP contribution is -2.35. The maximum absolute atomic E-state index is 12.6. The summed E-state index contributed by atoms with van der Waals surface area (Å²) in [7, 11) is 1.88. The highest BCUT2D eigenvalue weighted by Gasteiger charge is 2.22. The molecular weight excluding hydrogens is 370 g/mol. The minimum atomic E-state index is -0.256. The molecule has 1 atom stereocenters. The Morgan fingerprint density at radius 2 is 1.73 bits per heavy atom. The van der Waals surface area contributed by atoms with Crippen molar-refractivity contribution < 1.29 is 9.53 Å². The largest absolute Gasteiger partial charge is 0.414 e. The number of aryl methyl sites for hydroxylation is 2. The summed E-state index contributed by atoms with van der Waals surface area (Å²) in [5.41, 5.74) is 2.83. The predicted octanol–water partition coefficient (Wildman–Crippen LogP) is 7.04. The van der Waals surface area contributed by atoms with Crippen molar-refractivity contribution in [1.82, 2.24) is 4.90 Å². The van der Waals surface area contributed by atoms with Crippen molar-refractivity contribution in [2.75, 3.05) is 13.6 Å². The molecule has 3 nitrogen and oxygen atoms in total. The van der Waals surface area contributed by atoms with E-state index in [-0.39, 0.29) is 6.09 Å². The second-order valence-corrected chi connectivity index (χ2v) is 8.99. The standard InChI is InChI=1S/C27H37NO2/c1-22-12-9-10-16-25(22)17-11-15-24(20-23-13-5-3-6-14-23)21-28(2)27(29)30-26-18-7-4-8-19-26/h4,7-10,12,16,18-19,23-24H,3,5-6,11,13-15,17,20-21H2,1-2H3/t24-/m0/s1. The van der Waals surface area contributed by atoms with Gasteiger partial charge in [-0.1, -0.05) is 74.6 Å². The highest BCUT2D eigenvalue weighted by atomic mass is 16.6. The molecule has 0 aromatic heterocycles. The Labute approximate surface area is 182 Å². The van der Waals surface area contributed by atoms with Crippen LogP contribution in [-0.2, 0) is 6.42 Å². The number of benzene rings is 2. The third kappa shape index (κ3) is 7.19. The topological polar surface area (TPSA) is 29.5 Å². The SMILES string of the molecule is Cc1ccccc1CCC[C@@H](CC1CCCCC1)CN(C)C(=O)Oc1ccccc1. The van der Waals surface area contributed by atoms with Crippen LogP contribution in [0.25, 0.3) is 0 Å². The molecule has 1 amide bonds. The van der Waals surface area contributed by atoms with Crippen LogP contribution in [0.2, 0.25) is 0 Å². The van der Waals surface area contributed by atoms with Gasteiger partial charge in [-0.15, -0.1) is 0 Å². The second-order valence-electron chi connectivity index (χ2n) is 8.99. The van der Waals surface area contributed by atoms with Gasteiger partial charge in [-0.2, -0.15) is 0 Å². The Kier molecular flexibility index (Phi) is 8.80. The summed E-state index contributed by atoms with van der Waals surface area (Å²) < 4.78 is 5.54. The predicted molar refractivity (Wildman–Crippen MR) is 124 cm³/mol. The lowest BCUT2D eigenvalue weighted by atomic mass is 9.81. The van der Waals surface area contributed by atoms with E-state index < -0.39 is 0 Å². The molecular formula is C27H37NO2. The number of amides is 1. The molecule has 0 aliphatic heterocycles. The fourth-order valence-electron chi connectivity index (χ4n) is 4.78. The zero-order valence-electron chi connectivity index (χ0n) is 18.7. The summed E-state index contributed by atoms with van der Waals surface area (Å²) in [6, 6.07) is 18.0. The van der Waals surface area contributed by atoms with E-state index in [4.69, 9.17) is 4.74 Å². The Morgan fingerprint density at radius 1 is 1.03 bits per heavy atom. The average molecular weight is 408 g/mol. The smallest absolute Gasteiger partial charge is 0.410 e. The lowest BCUT2D eigenvalue weighted by molar-refractivity contribution is 0.148. The van der Waals surface area contributed by atoms with Crippen molar-refractivity contribution in [3.8, 4) is 5.75 Å². The summed E-state index contributed by atoms with van der Waals surface area (Å²) in [6.07, 6.45) is 11.3. The summed E-state index contributed by atoms with van der Waals surface area (Å²) in [5.74, 6) is 1.96. The number of ether oxygens (including phenoxy) is 1. The molecule has 1 aliphatic rings. The van der Waals surface area contributed by atoms with E-state index in [0.29, 0.717) is 11.7 Å². The number of nitrogens with zero attached hydrogens (tertiary/aromatic N) is 1. The molecule has 1 saturated carbocycles. The maximum atomic E-state index is 12.6. The number of carbonyl (C=O) groups excluding carboxylic acids is 1. The maximum Gasteiger partial charge on any atom is 0.414 e. The van der Waals surface area contributed by atoms with Crippen molar-refractivity contribution in [1.29, 1.82) is 0 Å². The zero-order chi connectivity index (χ0) is 21.2. The van der Waals surface area contributed by atoms with Crippen LogP contribution in [0.1, 0.15) is 62.5 Å². The van der Waals surface area contributed by atoms with E-state index in [9.17, 15) is 4.79 Å². The molecule has 0 heterocycles. The van der Waals surface area contributed by atoms with E-state index in [0.717, 1.165) is 25.3 Å². The van der Waals surface area contributed by atoms with Gasteiger partial charge in [-0.3, -0.25) is 0 Å². The molecule has 0 unspecified atom stereocenters. The van der Waals surface area contributed by atoms with Crippen LogP contribution in [0.4, 0.5) is 4.79 Å². The molecule has 0 saturated heterocycles. The molecule has 1 aliphatic carbocycles. The van der Waals surface area contributed by atoms with Crippen molar-refractivity contribution in [3.05, 3.63) is 65.7 Å². The zero-order valence-corrected chi connectivity index (χ0v) is 18.7. The van der Waals surface area contributed by atoms with Crippen molar-refractivity contribution in [2.45, 2.75) is 64.7 Å². The third-order valence-electron chi connectivity index (χ3n) is 6.50. The molecule has 0 N–H and O–H groups in total. The Bertz CT molecular complexity index is 767. The number of hydrogen-bond donors (Lipinski definition) is 0. The van der Waals surface area contributed by atoms with Crippen molar-refractivity contribution >= 4 is 6.09 Å². The molecule has 3 heteroatoms. The van der Waals surface area contributed by atoms with Gasteiger partial charge in [0, 0.05) is 13.6 Å². The first-order valence-corrected chi connectivity index (χ1v) is 11.6. The summed E-state index contributed by atoms with van der Waals surface area (Å²) >= 11 is 0. The minimum Gasteiger partial charge on any atom is -0.410 e. The van der Waals surface area contributed by atoms with E-state index in [1.165, 1.54) is 56.1 Å². The van der Waals surface area contributed by atoms with Crippen LogP contribution in [0.5, 0.6) is 5.75 Å². The van der Waals surface area contributed by atoms with Crippen LogP contribution in [-0.4, -0.2) is 24.6 Å². The van der Waals surface area contributed by atoms with Gasteiger partial charge in [0.25, 0.3) is 0 Å². The third-order valence-corrected chi connectivity index (χ3v) is 6.50. The number of para-hydroxylation sites is 1. The summed E-state index contributed by atoms with van der Waals surface area (Å²) in [6.45, 7) is 2.97. The number of carbonyl (C=O) groups is 1. The first-order chi connectivity index (χ1) is 14.6. The highest BCUT2D eigenvalue weighted by Crippen LogP contribution is 2.31. The van der Waals surface area contributed by atoms with E-state index in [1.54, 1.807) is 4.90 Å². The molecule has 0 spiro atoms. The summed E-state index contributed by atoms with van der Waals surface area (Å²) in [4.78, 5) is 14.4. The van der Waals surface area contributed by atoms with Gasteiger partial charge in [-0.25, -0.2) is 4.79 Å². The molecule has 0 bridgehead atoms. The van der Waals surface area contributed by atoms with E-state index >= 15 is 0 Å². The Balaban J connectivity index is 1.55. The molecule has 2 aromatic rings. The fraction of sp³-hybridized carbons (Fsp3) is 0.519. The lowest BCUT2D eigenvalue weighted by Gasteiger charge is -2.29. The quantitative estimate of drug-likeness (QED) is 0.446. The van der Waals surface area contributed by atoms with Crippen molar-refractivity contribution in [2.24, 2.45) is 11.8 Å². The second kappa shape index (κ2) is 11.8. The molecule has 162 valence electrons. The Hall–Kier alpha value is -2.29. The molecule has 3 rings (SSSR count). The van der Waals surface area contributed by atoms with Crippen LogP contribution in [0, 0.1) is 18.8 Å². The molecule has 1 fully saturated rings. The van der Waals surface area contributed by atoms with Gasteiger partial charge in [0.15, 0.2) is 0 Å². The van der Waals surface area contributed by atoms with Gasteiger partial charge < -0.3 is 9.64 Å². The van der Waals surface area contributed by atoms with Gasteiger partial charge in [0.1, 0.15) is 5.75 Å². The van der Waals surface area contributed by atoms with Crippen LogP contribution in [0.3, 0.4) is 0 Å². The van der Waals surface area contributed by atoms with Gasteiger partial charge in [0.05, 0.1) is 0 Å². The van der Waals surface area contributed by atoms with Gasteiger partial charge >= 0.3 is 6.09 Å². The monoisotopic (exact) mass is 407 g/mol. The van der Waals surface area contributed by atoms with Crippen LogP contribution in [0.15, 0.2) is 54.6 Å². The minimum absolute atomic E-state index is 0.256.